The van der Waals surface area contributed by atoms with Gasteiger partial charge < -0.3 is 9.30 Å². The van der Waals surface area contributed by atoms with Crippen LogP contribution in [0.5, 0.6) is 0 Å². The molecule has 0 aliphatic carbocycles. The first-order valence-electron chi connectivity index (χ1n) is 8.68. The van der Waals surface area contributed by atoms with Gasteiger partial charge in [0.05, 0.1) is 18.2 Å². The molecule has 0 saturated carbocycles. The molecule has 1 fully saturated rings. The van der Waals surface area contributed by atoms with E-state index >= 15 is 0 Å². The van der Waals surface area contributed by atoms with E-state index in [4.69, 9.17) is 4.74 Å². The van der Waals surface area contributed by atoms with E-state index in [9.17, 15) is 13.2 Å². The van der Waals surface area contributed by atoms with Crippen molar-refractivity contribution in [3.63, 3.8) is 0 Å². The van der Waals surface area contributed by atoms with Crippen LogP contribution in [0.1, 0.15) is 49.6 Å². The summed E-state index contributed by atoms with van der Waals surface area (Å²) >= 11 is 1.41. The lowest BCUT2D eigenvalue weighted by molar-refractivity contribution is -0.137. The van der Waals surface area contributed by atoms with Crippen molar-refractivity contribution in [2.24, 2.45) is 0 Å². The van der Waals surface area contributed by atoms with E-state index in [2.05, 4.69) is 28.6 Å². The Bertz CT molecular complexity index is 740. The van der Waals surface area contributed by atoms with Crippen LogP contribution in [0.3, 0.4) is 0 Å². The lowest BCUT2D eigenvalue weighted by Crippen LogP contribution is -2.18. The van der Waals surface area contributed by atoms with Crippen molar-refractivity contribution >= 4 is 11.8 Å². The van der Waals surface area contributed by atoms with Gasteiger partial charge in [-0.05, 0) is 24.5 Å². The summed E-state index contributed by atoms with van der Waals surface area (Å²) in [5.74, 6) is 1.50. The minimum atomic E-state index is -4.33. The zero-order valence-electron chi connectivity index (χ0n) is 14.8. The van der Waals surface area contributed by atoms with Crippen LogP contribution in [0, 0.1) is 0 Å². The maximum Gasteiger partial charge on any atom is 0.416 e. The monoisotopic (exact) mass is 385 g/mol. The fourth-order valence-corrected chi connectivity index (χ4v) is 3.88. The van der Waals surface area contributed by atoms with Crippen molar-refractivity contribution in [3.8, 4) is 0 Å². The molecule has 2 heterocycles. The summed E-state index contributed by atoms with van der Waals surface area (Å²) in [7, 11) is 0. The molecule has 1 aromatic heterocycles. The first-order valence-corrected chi connectivity index (χ1v) is 9.67. The maximum absolute atomic E-state index is 12.9. The summed E-state index contributed by atoms with van der Waals surface area (Å²) in [5.41, 5.74) is -0.0121. The van der Waals surface area contributed by atoms with Crippen LogP contribution >= 0.6 is 11.8 Å². The maximum atomic E-state index is 12.9. The largest absolute Gasteiger partial charge is 0.416 e. The van der Waals surface area contributed by atoms with Crippen LogP contribution in [-0.4, -0.2) is 27.5 Å². The van der Waals surface area contributed by atoms with Crippen LogP contribution in [0.4, 0.5) is 13.2 Å². The highest BCUT2D eigenvalue weighted by Crippen LogP contribution is 2.31. The highest BCUT2D eigenvalue weighted by atomic mass is 32.2. The lowest BCUT2D eigenvalue weighted by atomic mass is 10.1. The van der Waals surface area contributed by atoms with Crippen molar-refractivity contribution < 1.29 is 17.9 Å². The van der Waals surface area contributed by atoms with Crippen LogP contribution in [0.2, 0.25) is 0 Å². The van der Waals surface area contributed by atoms with E-state index in [1.54, 1.807) is 6.07 Å². The van der Waals surface area contributed by atoms with Gasteiger partial charge in [-0.2, -0.15) is 13.2 Å². The van der Waals surface area contributed by atoms with E-state index in [0.717, 1.165) is 36.5 Å². The van der Waals surface area contributed by atoms with Gasteiger partial charge in [0, 0.05) is 18.3 Å². The quantitative estimate of drug-likeness (QED) is 0.664. The molecule has 0 N–H and O–H groups in total. The fraction of sp³-hybridized carbons (Fsp3) is 0.556. The predicted molar refractivity (Wildman–Crippen MR) is 94.1 cm³/mol. The number of thioether (sulfide) groups is 1. The van der Waals surface area contributed by atoms with Crippen molar-refractivity contribution in [1.29, 1.82) is 0 Å². The highest BCUT2D eigenvalue weighted by Gasteiger charge is 2.30. The first-order chi connectivity index (χ1) is 12.3. The van der Waals surface area contributed by atoms with E-state index in [1.807, 2.05) is 0 Å². The number of hydrogen-bond donors (Lipinski definition) is 0. The summed E-state index contributed by atoms with van der Waals surface area (Å²) in [4.78, 5) is 0. The molecule has 8 heteroatoms. The van der Waals surface area contributed by atoms with Gasteiger partial charge in [-0.1, -0.05) is 43.8 Å². The van der Waals surface area contributed by atoms with Crippen molar-refractivity contribution in [2.75, 3.05) is 6.61 Å². The Labute approximate surface area is 155 Å². The molecule has 0 spiro atoms. The Morgan fingerprint density at radius 2 is 2.12 bits per heavy atom. The smallest absolute Gasteiger partial charge is 0.376 e. The molecule has 1 aromatic carbocycles. The molecule has 2 aromatic rings. The van der Waals surface area contributed by atoms with Crippen LogP contribution in [0.15, 0.2) is 29.4 Å². The van der Waals surface area contributed by atoms with Gasteiger partial charge in [0.2, 0.25) is 0 Å². The predicted octanol–water partition coefficient (Wildman–Crippen LogP) is 4.89. The van der Waals surface area contributed by atoms with E-state index in [1.165, 1.54) is 23.9 Å². The van der Waals surface area contributed by atoms with E-state index < -0.39 is 11.7 Å². The van der Waals surface area contributed by atoms with Crippen molar-refractivity contribution in [1.82, 2.24) is 14.8 Å². The minimum absolute atomic E-state index is 0.149. The number of benzene rings is 1. The number of rotatable bonds is 6. The molecule has 0 radical (unpaired) electrons. The third-order valence-electron chi connectivity index (χ3n) is 4.29. The standard InChI is InChI=1S/C18H22F3N3OS/c1-12(2)16-22-23-17(24(16)10-15-7-4-8-25-15)26-11-13-5-3-6-14(9-13)18(19,20)21/h3,5-6,9,12,15H,4,7-8,10-11H2,1-2H3. The summed E-state index contributed by atoms with van der Waals surface area (Å²) in [6.07, 6.45) is -2.12. The second-order valence-electron chi connectivity index (χ2n) is 6.73. The van der Waals surface area contributed by atoms with Crippen LogP contribution in [-0.2, 0) is 23.2 Å². The molecule has 26 heavy (non-hydrogen) atoms. The Balaban J connectivity index is 1.75. The zero-order valence-corrected chi connectivity index (χ0v) is 15.6. The van der Waals surface area contributed by atoms with Crippen molar-refractivity contribution in [3.05, 3.63) is 41.2 Å². The molecular weight excluding hydrogens is 363 g/mol. The van der Waals surface area contributed by atoms with Crippen LogP contribution < -0.4 is 0 Å². The molecule has 4 nitrogen and oxygen atoms in total. The third-order valence-corrected chi connectivity index (χ3v) is 5.33. The first kappa shape index (κ1) is 19.2. The minimum Gasteiger partial charge on any atom is -0.376 e. The number of ether oxygens (including phenoxy) is 1. The Kier molecular flexibility index (Phi) is 5.92. The van der Waals surface area contributed by atoms with Gasteiger partial charge in [0.1, 0.15) is 5.82 Å². The highest BCUT2D eigenvalue weighted by molar-refractivity contribution is 7.98. The Hall–Kier alpha value is -1.54. The lowest BCUT2D eigenvalue weighted by Gasteiger charge is -2.16. The average molecular weight is 385 g/mol. The molecule has 0 bridgehead atoms. The second-order valence-corrected chi connectivity index (χ2v) is 7.67. The molecule has 142 valence electrons. The van der Waals surface area contributed by atoms with Gasteiger partial charge in [-0.3, -0.25) is 0 Å². The average Bonchev–Trinajstić information content (AvgIpc) is 3.23. The van der Waals surface area contributed by atoms with Gasteiger partial charge in [-0.15, -0.1) is 10.2 Å². The third kappa shape index (κ3) is 4.59. The normalized spacial score (nSPS) is 18.0. The molecule has 1 aliphatic heterocycles. The van der Waals surface area contributed by atoms with Crippen molar-refractivity contribution in [2.45, 2.75) is 62.3 Å². The molecule has 1 saturated heterocycles. The Morgan fingerprint density at radius 1 is 1.31 bits per heavy atom. The summed E-state index contributed by atoms with van der Waals surface area (Å²) < 4.78 is 46.4. The molecule has 1 aliphatic rings. The van der Waals surface area contributed by atoms with E-state index in [0.29, 0.717) is 17.9 Å². The Morgan fingerprint density at radius 3 is 2.77 bits per heavy atom. The fourth-order valence-electron chi connectivity index (χ4n) is 2.98. The topological polar surface area (TPSA) is 39.9 Å². The number of hydrogen-bond acceptors (Lipinski definition) is 4. The van der Waals surface area contributed by atoms with Gasteiger partial charge in [0.15, 0.2) is 5.16 Å². The molecule has 1 unspecified atom stereocenters. The molecule has 0 amide bonds. The number of nitrogens with zero attached hydrogens (tertiary/aromatic N) is 3. The summed E-state index contributed by atoms with van der Waals surface area (Å²) in [5, 5.41) is 9.27. The number of alkyl halides is 3. The molecule has 3 rings (SSSR count). The van der Waals surface area contributed by atoms with Gasteiger partial charge >= 0.3 is 6.18 Å². The number of halogens is 3. The molecular formula is C18H22F3N3OS. The van der Waals surface area contributed by atoms with E-state index in [-0.39, 0.29) is 12.0 Å². The summed E-state index contributed by atoms with van der Waals surface area (Å²) in [6, 6.07) is 5.42. The number of aromatic nitrogens is 3. The van der Waals surface area contributed by atoms with Gasteiger partial charge in [0.25, 0.3) is 0 Å². The van der Waals surface area contributed by atoms with Gasteiger partial charge in [-0.25, -0.2) is 0 Å². The summed E-state index contributed by atoms with van der Waals surface area (Å²) in [6.45, 7) is 5.57. The second kappa shape index (κ2) is 8.00. The SMILES string of the molecule is CC(C)c1nnc(SCc2cccc(C(F)(F)F)c2)n1CC1CCCO1. The van der Waals surface area contributed by atoms with Crippen LogP contribution in [0.25, 0.3) is 0 Å². The molecule has 1 atom stereocenters. The zero-order chi connectivity index (χ0) is 18.7.